The number of hydrogen-bond acceptors (Lipinski definition) is 3. The van der Waals surface area contributed by atoms with E-state index in [0.29, 0.717) is 10.2 Å². The maximum absolute atomic E-state index is 11.9. The first-order valence-corrected chi connectivity index (χ1v) is 6.16. The zero-order valence-electron chi connectivity index (χ0n) is 9.94. The lowest BCUT2D eigenvalue weighted by atomic mass is 10.2. The number of aromatic carboxylic acids is 1. The normalized spacial score (nSPS) is 10.2. The van der Waals surface area contributed by atoms with Crippen LogP contribution in [-0.2, 0) is 0 Å². The van der Waals surface area contributed by atoms with Crippen LogP contribution in [0.2, 0.25) is 0 Å². The molecule has 0 radical (unpaired) electrons. The minimum absolute atomic E-state index is 0.138. The van der Waals surface area contributed by atoms with Gasteiger partial charge in [-0.1, -0.05) is 0 Å². The van der Waals surface area contributed by atoms with Gasteiger partial charge >= 0.3 is 5.97 Å². The molecule has 0 saturated carbocycles. The molecule has 0 saturated heterocycles. The average molecular weight is 324 g/mol. The van der Waals surface area contributed by atoms with E-state index < -0.39 is 5.97 Å². The van der Waals surface area contributed by atoms with Gasteiger partial charge in [0.15, 0.2) is 5.76 Å². The van der Waals surface area contributed by atoms with Crippen LogP contribution in [0, 0.1) is 6.92 Å². The maximum Gasteiger partial charge on any atom is 0.335 e. The van der Waals surface area contributed by atoms with Crippen LogP contribution in [0.5, 0.6) is 0 Å². The quantitative estimate of drug-likeness (QED) is 0.908. The van der Waals surface area contributed by atoms with Crippen LogP contribution in [0.25, 0.3) is 0 Å². The third-order valence-corrected chi connectivity index (χ3v) is 3.19. The van der Waals surface area contributed by atoms with Gasteiger partial charge in [-0.25, -0.2) is 4.79 Å². The number of halogens is 1. The molecule has 6 heteroatoms. The highest BCUT2D eigenvalue weighted by molar-refractivity contribution is 9.10. The van der Waals surface area contributed by atoms with Crippen LogP contribution in [-0.4, -0.2) is 17.0 Å². The smallest absolute Gasteiger partial charge is 0.335 e. The Bertz CT molecular complexity index is 648. The van der Waals surface area contributed by atoms with Gasteiger partial charge in [-0.3, -0.25) is 4.79 Å². The highest BCUT2D eigenvalue weighted by Gasteiger charge is 2.14. The molecule has 1 aromatic heterocycles. The van der Waals surface area contributed by atoms with Crippen LogP contribution in [0.1, 0.15) is 26.5 Å². The van der Waals surface area contributed by atoms with Crippen molar-refractivity contribution < 1.29 is 19.1 Å². The van der Waals surface area contributed by atoms with E-state index in [1.807, 2.05) is 0 Å². The maximum atomic E-state index is 11.9. The second kappa shape index (κ2) is 5.27. The van der Waals surface area contributed by atoms with Gasteiger partial charge in [-0.2, -0.15) is 0 Å². The highest BCUT2D eigenvalue weighted by atomic mass is 79.9. The van der Waals surface area contributed by atoms with Gasteiger partial charge in [0.1, 0.15) is 0 Å². The van der Waals surface area contributed by atoms with Crippen molar-refractivity contribution in [3.05, 3.63) is 51.9 Å². The minimum atomic E-state index is -1.03. The second-order valence-electron chi connectivity index (χ2n) is 3.89. The molecule has 0 bridgehead atoms. The summed E-state index contributed by atoms with van der Waals surface area (Å²) in [4.78, 5) is 22.7. The fourth-order valence-corrected chi connectivity index (χ4v) is 2.01. The summed E-state index contributed by atoms with van der Waals surface area (Å²) < 4.78 is 5.57. The van der Waals surface area contributed by atoms with Crippen LogP contribution in [0.3, 0.4) is 0 Å². The van der Waals surface area contributed by atoms with E-state index in [-0.39, 0.29) is 17.2 Å². The Hall–Kier alpha value is -2.08. The molecule has 1 aromatic carbocycles. The third kappa shape index (κ3) is 2.85. The largest absolute Gasteiger partial charge is 0.478 e. The van der Waals surface area contributed by atoms with E-state index in [4.69, 9.17) is 9.52 Å². The summed E-state index contributed by atoms with van der Waals surface area (Å²) in [6, 6.07) is 6.05. The number of rotatable bonds is 3. The molecule has 0 aliphatic rings. The Labute approximate surface area is 117 Å². The van der Waals surface area contributed by atoms with Crippen molar-refractivity contribution in [1.82, 2.24) is 0 Å². The SMILES string of the molecule is Cc1ccoc1C(=O)Nc1ccc(C(=O)O)cc1Br. The van der Waals surface area contributed by atoms with E-state index in [1.54, 1.807) is 13.0 Å². The predicted molar refractivity (Wildman–Crippen MR) is 72.5 cm³/mol. The number of anilines is 1. The predicted octanol–water partition coefficient (Wildman–Crippen LogP) is 3.30. The van der Waals surface area contributed by atoms with Gasteiger partial charge in [0.25, 0.3) is 5.91 Å². The fraction of sp³-hybridized carbons (Fsp3) is 0.0769. The molecule has 2 N–H and O–H groups in total. The summed E-state index contributed by atoms with van der Waals surface area (Å²) in [5.74, 6) is -1.18. The van der Waals surface area contributed by atoms with Crippen molar-refractivity contribution in [2.24, 2.45) is 0 Å². The van der Waals surface area contributed by atoms with Crippen LogP contribution < -0.4 is 5.32 Å². The number of carbonyl (C=O) groups is 2. The summed E-state index contributed by atoms with van der Waals surface area (Å²) in [5.41, 5.74) is 1.35. The van der Waals surface area contributed by atoms with Gasteiger partial charge in [0.2, 0.25) is 0 Å². The summed E-state index contributed by atoms with van der Waals surface area (Å²) >= 11 is 3.22. The monoisotopic (exact) mass is 323 g/mol. The Morgan fingerprint density at radius 2 is 2.05 bits per heavy atom. The summed E-state index contributed by atoms with van der Waals surface area (Å²) in [5, 5.41) is 11.5. The molecule has 0 aliphatic carbocycles. The highest BCUT2D eigenvalue weighted by Crippen LogP contribution is 2.24. The standard InChI is InChI=1S/C13H10BrNO4/c1-7-4-5-19-11(7)12(16)15-10-3-2-8(13(17)18)6-9(10)14/h2-6H,1H3,(H,15,16)(H,17,18). The first-order chi connectivity index (χ1) is 8.99. The molecular formula is C13H10BrNO4. The number of furan rings is 1. The molecule has 1 amide bonds. The van der Waals surface area contributed by atoms with E-state index in [0.717, 1.165) is 5.56 Å². The van der Waals surface area contributed by atoms with E-state index >= 15 is 0 Å². The molecular weight excluding hydrogens is 314 g/mol. The number of amides is 1. The number of nitrogens with one attached hydrogen (secondary N) is 1. The third-order valence-electron chi connectivity index (χ3n) is 2.53. The number of carboxylic acid groups (broad SMARTS) is 1. The van der Waals surface area contributed by atoms with Crippen LogP contribution in [0.15, 0.2) is 39.4 Å². The van der Waals surface area contributed by atoms with E-state index in [9.17, 15) is 9.59 Å². The number of carbonyl (C=O) groups excluding carboxylic acids is 1. The average Bonchev–Trinajstić information content (AvgIpc) is 2.77. The lowest BCUT2D eigenvalue weighted by molar-refractivity contribution is 0.0696. The van der Waals surface area contributed by atoms with E-state index in [2.05, 4.69) is 21.2 Å². The first-order valence-electron chi connectivity index (χ1n) is 5.37. The van der Waals surface area contributed by atoms with Crippen molar-refractivity contribution in [3.8, 4) is 0 Å². The van der Waals surface area contributed by atoms with Crippen LogP contribution in [0.4, 0.5) is 5.69 Å². The van der Waals surface area contributed by atoms with Gasteiger partial charge in [-0.15, -0.1) is 0 Å². The Kier molecular flexibility index (Phi) is 3.71. The molecule has 2 aromatic rings. The fourth-order valence-electron chi connectivity index (χ4n) is 1.53. The summed E-state index contributed by atoms with van der Waals surface area (Å²) in [6.07, 6.45) is 1.44. The molecule has 0 spiro atoms. The lowest BCUT2D eigenvalue weighted by Gasteiger charge is -2.07. The second-order valence-corrected chi connectivity index (χ2v) is 4.74. The topological polar surface area (TPSA) is 79.5 Å². The van der Waals surface area contributed by atoms with Crippen molar-refractivity contribution in [1.29, 1.82) is 0 Å². The van der Waals surface area contributed by atoms with Crippen molar-refractivity contribution in [3.63, 3.8) is 0 Å². The zero-order chi connectivity index (χ0) is 14.0. The van der Waals surface area contributed by atoms with Crippen LogP contribution >= 0.6 is 15.9 Å². The lowest BCUT2D eigenvalue weighted by Crippen LogP contribution is -2.12. The van der Waals surface area contributed by atoms with E-state index in [1.165, 1.54) is 24.5 Å². The Morgan fingerprint density at radius 1 is 1.32 bits per heavy atom. The molecule has 5 nitrogen and oxygen atoms in total. The van der Waals surface area contributed by atoms with Crippen molar-refractivity contribution in [2.75, 3.05) is 5.32 Å². The van der Waals surface area contributed by atoms with Gasteiger partial charge in [0, 0.05) is 10.0 Å². The Morgan fingerprint density at radius 3 is 2.58 bits per heavy atom. The summed E-state index contributed by atoms with van der Waals surface area (Å²) in [7, 11) is 0. The molecule has 0 atom stereocenters. The molecule has 0 unspecified atom stereocenters. The Balaban J connectivity index is 2.23. The van der Waals surface area contributed by atoms with Gasteiger partial charge in [-0.05, 0) is 47.1 Å². The molecule has 0 aliphatic heterocycles. The van der Waals surface area contributed by atoms with Crippen molar-refractivity contribution >= 4 is 33.5 Å². The minimum Gasteiger partial charge on any atom is -0.478 e. The molecule has 0 fully saturated rings. The zero-order valence-corrected chi connectivity index (χ0v) is 11.5. The number of benzene rings is 1. The summed E-state index contributed by atoms with van der Waals surface area (Å²) in [6.45, 7) is 1.76. The van der Waals surface area contributed by atoms with Gasteiger partial charge in [0.05, 0.1) is 17.5 Å². The number of aryl methyl sites for hydroxylation is 1. The molecule has 98 valence electrons. The molecule has 19 heavy (non-hydrogen) atoms. The van der Waals surface area contributed by atoms with Crippen molar-refractivity contribution in [2.45, 2.75) is 6.92 Å². The number of hydrogen-bond donors (Lipinski definition) is 2. The van der Waals surface area contributed by atoms with Gasteiger partial charge < -0.3 is 14.8 Å². The molecule has 1 heterocycles. The number of carboxylic acids is 1. The first kappa shape index (κ1) is 13.4. The molecule has 2 rings (SSSR count).